The van der Waals surface area contributed by atoms with Crippen molar-refractivity contribution >= 4 is 27.7 Å². The minimum Gasteiger partial charge on any atom is -0.262 e. The zero-order chi connectivity index (χ0) is 10.8. The molecule has 78 valence electrons. The Labute approximate surface area is 100 Å². The van der Waals surface area contributed by atoms with Crippen LogP contribution in [-0.4, -0.2) is 20.2 Å². The van der Waals surface area contributed by atoms with E-state index in [-0.39, 0.29) is 0 Å². The Morgan fingerprint density at radius 3 is 2.67 bits per heavy atom. The van der Waals surface area contributed by atoms with Gasteiger partial charge < -0.3 is 0 Å². The summed E-state index contributed by atoms with van der Waals surface area (Å²) >= 11 is 4.86. The summed E-state index contributed by atoms with van der Waals surface area (Å²) in [6, 6.07) is 3.91. The van der Waals surface area contributed by atoms with E-state index in [0.29, 0.717) is 5.16 Å². The molecule has 0 aliphatic carbocycles. The van der Waals surface area contributed by atoms with E-state index in [4.69, 9.17) is 0 Å². The van der Waals surface area contributed by atoms with Gasteiger partial charge in [-0.15, -0.1) is 5.10 Å². The third-order valence-electron chi connectivity index (χ3n) is 1.77. The quantitative estimate of drug-likeness (QED) is 0.921. The molecule has 0 saturated carbocycles. The minimum atomic E-state index is 0.696. The van der Waals surface area contributed by atoms with Crippen LogP contribution in [0.15, 0.2) is 26.8 Å². The number of nitrogens with one attached hydrogen (secondary N) is 1. The summed E-state index contributed by atoms with van der Waals surface area (Å²) in [5.41, 5.74) is 0.965. The van der Waals surface area contributed by atoms with Gasteiger partial charge in [0, 0.05) is 4.47 Å². The number of rotatable bonds is 2. The van der Waals surface area contributed by atoms with Crippen LogP contribution in [0.3, 0.4) is 0 Å². The molecule has 0 saturated heterocycles. The predicted molar refractivity (Wildman–Crippen MR) is 61.9 cm³/mol. The van der Waals surface area contributed by atoms with Crippen molar-refractivity contribution in [2.45, 2.75) is 24.0 Å². The Morgan fingerprint density at radius 2 is 2.07 bits per heavy atom. The van der Waals surface area contributed by atoms with E-state index in [2.05, 4.69) is 36.1 Å². The van der Waals surface area contributed by atoms with E-state index in [1.807, 2.05) is 26.0 Å². The molecule has 0 aliphatic rings. The first-order valence-corrected chi connectivity index (χ1v) is 5.96. The van der Waals surface area contributed by atoms with Crippen molar-refractivity contribution in [1.29, 1.82) is 0 Å². The molecule has 0 amide bonds. The zero-order valence-corrected chi connectivity index (χ0v) is 10.7. The summed E-state index contributed by atoms with van der Waals surface area (Å²) in [6.45, 7) is 3.83. The lowest BCUT2D eigenvalue weighted by Gasteiger charge is -1.99. The maximum Gasteiger partial charge on any atom is 0.214 e. The largest absolute Gasteiger partial charge is 0.262 e. The van der Waals surface area contributed by atoms with E-state index in [1.165, 1.54) is 11.8 Å². The fourth-order valence-corrected chi connectivity index (χ4v) is 2.04. The van der Waals surface area contributed by atoms with E-state index in [1.54, 1.807) is 0 Å². The highest BCUT2D eigenvalue weighted by Crippen LogP contribution is 2.24. The summed E-state index contributed by atoms with van der Waals surface area (Å²) in [5, 5.41) is 8.43. The zero-order valence-electron chi connectivity index (χ0n) is 8.28. The van der Waals surface area contributed by atoms with Gasteiger partial charge in [-0.25, -0.2) is 9.97 Å². The second kappa shape index (κ2) is 4.32. The molecule has 4 nitrogen and oxygen atoms in total. The summed E-state index contributed by atoms with van der Waals surface area (Å²) in [5.74, 6) is 0.811. The summed E-state index contributed by atoms with van der Waals surface area (Å²) < 4.78 is 1.01. The molecule has 0 aromatic carbocycles. The smallest absolute Gasteiger partial charge is 0.214 e. The second-order valence-electron chi connectivity index (χ2n) is 3.02. The van der Waals surface area contributed by atoms with Crippen molar-refractivity contribution in [3.8, 4) is 0 Å². The number of aryl methyl sites for hydroxylation is 2. The third kappa shape index (κ3) is 2.57. The van der Waals surface area contributed by atoms with Crippen LogP contribution in [0.25, 0.3) is 0 Å². The Morgan fingerprint density at radius 1 is 1.27 bits per heavy atom. The molecule has 0 atom stereocenters. The molecular weight excluding hydrogens is 276 g/mol. The molecule has 2 heterocycles. The maximum atomic E-state index is 4.40. The van der Waals surface area contributed by atoms with Crippen molar-refractivity contribution in [3.05, 3.63) is 28.1 Å². The number of aromatic nitrogens is 4. The molecule has 0 fully saturated rings. The van der Waals surface area contributed by atoms with Gasteiger partial charge in [-0.2, -0.15) is 0 Å². The van der Waals surface area contributed by atoms with E-state index < -0.39 is 0 Å². The van der Waals surface area contributed by atoms with Gasteiger partial charge >= 0.3 is 0 Å². The Hall–Kier alpha value is -0.880. The molecule has 0 unspecified atom stereocenters. The summed E-state index contributed by atoms with van der Waals surface area (Å²) in [6.07, 6.45) is 0. The molecule has 1 N–H and O–H groups in total. The van der Waals surface area contributed by atoms with Crippen molar-refractivity contribution in [2.24, 2.45) is 0 Å². The van der Waals surface area contributed by atoms with Gasteiger partial charge in [-0.1, -0.05) is 0 Å². The number of hydrogen-bond acceptors (Lipinski definition) is 4. The van der Waals surface area contributed by atoms with Crippen LogP contribution in [-0.2, 0) is 0 Å². The highest BCUT2D eigenvalue weighted by molar-refractivity contribution is 9.10. The highest BCUT2D eigenvalue weighted by Gasteiger charge is 2.05. The topological polar surface area (TPSA) is 54.5 Å². The molecule has 6 heteroatoms. The first-order valence-electron chi connectivity index (χ1n) is 4.35. The number of pyridine rings is 1. The lowest BCUT2D eigenvalue weighted by atomic mass is 10.4. The first-order chi connectivity index (χ1) is 7.15. The van der Waals surface area contributed by atoms with Crippen LogP contribution in [0.2, 0.25) is 0 Å². The average molecular weight is 285 g/mol. The van der Waals surface area contributed by atoms with Crippen LogP contribution >= 0.6 is 27.7 Å². The number of aromatic amines is 1. The molecule has 15 heavy (non-hydrogen) atoms. The molecule has 2 rings (SSSR count). The summed E-state index contributed by atoms with van der Waals surface area (Å²) in [7, 11) is 0. The normalized spacial score (nSPS) is 10.6. The predicted octanol–water partition coefficient (Wildman–Crippen LogP) is 2.73. The van der Waals surface area contributed by atoms with Crippen molar-refractivity contribution in [3.63, 3.8) is 0 Å². The average Bonchev–Trinajstić information content (AvgIpc) is 2.58. The lowest BCUT2D eigenvalue weighted by molar-refractivity contribution is 0.960. The van der Waals surface area contributed by atoms with Gasteiger partial charge in [0.25, 0.3) is 0 Å². The molecule has 0 aliphatic heterocycles. The van der Waals surface area contributed by atoms with Gasteiger partial charge in [0.1, 0.15) is 10.9 Å². The van der Waals surface area contributed by atoms with Crippen LogP contribution in [0.4, 0.5) is 0 Å². The van der Waals surface area contributed by atoms with Crippen molar-refractivity contribution in [2.75, 3.05) is 0 Å². The Kier molecular flexibility index (Phi) is 3.06. The standard InChI is InChI=1S/C9H9BrN4S/c1-5-7(10)3-4-8(11-5)15-9-12-6(2)13-14-9/h3-4H,1-2H3,(H,12,13,14). The molecule has 0 radical (unpaired) electrons. The summed E-state index contributed by atoms with van der Waals surface area (Å²) in [4.78, 5) is 8.60. The van der Waals surface area contributed by atoms with Crippen LogP contribution in [0, 0.1) is 13.8 Å². The molecule has 0 spiro atoms. The third-order valence-corrected chi connectivity index (χ3v) is 3.41. The second-order valence-corrected chi connectivity index (χ2v) is 4.86. The van der Waals surface area contributed by atoms with Crippen molar-refractivity contribution < 1.29 is 0 Å². The highest BCUT2D eigenvalue weighted by atomic mass is 79.9. The van der Waals surface area contributed by atoms with E-state index in [0.717, 1.165) is 21.0 Å². The van der Waals surface area contributed by atoms with Crippen molar-refractivity contribution in [1.82, 2.24) is 20.2 Å². The molecule has 2 aromatic heterocycles. The Bertz CT molecular complexity index is 483. The molecule has 0 bridgehead atoms. The number of hydrogen-bond donors (Lipinski definition) is 1. The van der Waals surface area contributed by atoms with Crippen LogP contribution in [0.1, 0.15) is 11.5 Å². The van der Waals surface area contributed by atoms with Gasteiger partial charge in [-0.05, 0) is 53.7 Å². The van der Waals surface area contributed by atoms with Crippen LogP contribution in [0.5, 0.6) is 0 Å². The van der Waals surface area contributed by atoms with Gasteiger partial charge in [-0.3, -0.25) is 5.10 Å². The van der Waals surface area contributed by atoms with E-state index in [9.17, 15) is 0 Å². The maximum absolute atomic E-state index is 4.40. The van der Waals surface area contributed by atoms with Gasteiger partial charge in [0.15, 0.2) is 0 Å². The fraction of sp³-hybridized carbons (Fsp3) is 0.222. The minimum absolute atomic E-state index is 0.696. The fourth-order valence-electron chi connectivity index (χ4n) is 1.04. The Balaban J connectivity index is 2.21. The van der Waals surface area contributed by atoms with Crippen LogP contribution < -0.4 is 0 Å². The van der Waals surface area contributed by atoms with E-state index >= 15 is 0 Å². The molecular formula is C9H9BrN4S. The van der Waals surface area contributed by atoms with Gasteiger partial charge in [0.2, 0.25) is 5.16 Å². The monoisotopic (exact) mass is 284 g/mol. The first kappa shape index (κ1) is 10.6. The number of H-pyrrole nitrogens is 1. The van der Waals surface area contributed by atoms with Gasteiger partial charge in [0.05, 0.1) is 5.69 Å². The number of halogens is 1. The molecule has 2 aromatic rings. The lowest BCUT2D eigenvalue weighted by Crippen LogP contribution is -1.86. The SMILES string of the molecule is Cc1nc(Sc2ccc(Br)c(C)n2)n[nH]1. The number of nitrogens with zero attached hydrogens (tertiary/aromatic N) is 3.